The second-order valence-electron chi connectivity index (χ2n) is 7.82. The first-order valence-corrected chi connectivity index (χ1v) is 10.4. The molecule has 2 aliphatic heterocycles. The van der Waals surface area contributed by atoms with Gasteiger partial charge in [0.05, 0.1) is 18.2 Å². The standard InChI is InChI=1S/C21H32N4O3/c1-3-18(15-28-2)23-19-7-6-17(13-22-19)21(27)24-11-8-16(9-12-24)14-25-10-4-5-20(25)26/h6-7,13,16,18H,3-5,8-12,14-15H2,1-2H3,(H,22,23)/t18-/m1/s1. The Morgan fingerprint density at radius 1 is 1.32 bits per heavy atom. The molecule has 1 aromatic heterocycles. The summed E-state index contributed by atoms with van der Waals surface area (Å²) in [7, 11) is 1.69. The van der Waals surface area contributed by atoms with Gasteiger partial charge in [0.25, 0.3) is 5.91 Å². The number of likely N-dealkylation sites (tertiary alicyclic amines) is 2. The summed E-state index contributed by atoms with van der Waals surface area (Å²) in [6.07, 6.45) is 6.18. The summed E-state index contributed by atoms with van der Waals surface area (Å²) in [6.45, 7) is 5.96. The molecule has 0 radical (unpaired) electrons. The highest BCUT2D eigenvalue weighted by Gasteiger charge is 2.28. The molecule has 0 bridgehead atoms. The molecule has 2 aliphatic rings. The molecule has 0 aliphatic carbocycles. The minimum Gasteiger partial charge on any atom is -0.383 e. The molecule has 0 aromatic carbocycles. The lowest BCUT2D eigenvalue weighted by molar-refractivity contribution is -0.128. The lowest BCUT2D eigenvalue weighted by Crippen LogP contribution is -2.41. The monoisotopic (exact) mass is 388 g/mol. The molecule has 2 amide bonds. The first-order valence-electron chi connectivity index (χ1n) is 10.4. The van der Waals surface area contributed by atoms with E-state index in [0.29, 0.717) is 24.5 Å². The molecule has 7 nitrogen and oxygen atoms in total. The number of rotatable bonds is 8. The summed E-state index contributed by atoms with van der Waals surface area (Å²) >= 11 is 0. The van der Waals surface area contributed by atoms with Gasteiger partial charge in [-0.05, 0) is 43.7 Å². The van der Waals surface area contributed by atoms with Crippen molar-refractivity contribution in [3.05, 3.63) is 23.9 Å². The van der Waals surface area contributed by atoms with Crippen LogP contribution >= 0.6 is 0 Å². The van der Waals surface area contributed by atoms with Crippen molar-refractivity contribution in [3.8, 4) is 0 Å². The maximum absolute atomic E-state index is 12.8. The maximum Gasteiger partial charge on any atom is 0.255 e. The highest BCUT2D eigenvalue weighted by molar-refractivity contribution is 5.94. The van der Waals surface area contributed by atoms with Gasteiger partial charge in [0.15, 0.2) is 0 Å². The van der Waals surface area contributed by atoms with E-state index in [1.54, 1.807) is 13.3 Å². The van der Waals surface area contributed by atoms with E-state index in [9.17, 15) is 9.59 Å². The van der Waals surface area contributed by atoms with Gasteiger partial charge in [0.1, 0.15) is 5.82 Å². The Bertz CT molecular complexity index is 656. The van der Waals surface area contributed by atoms with Crippen molar-refractivity contribution in [2.75, 3.05) is 45.2 Å². The van der Waals surface area contributed by atoms with E-state index in [0.717, 1.165) is 57.7 Å². The number of nitrogens with one attached hydrogen (secondary N) is 1. The van der Waals surface area contributed by atoms with Crippen molar-refractivity contribution in [3.63, 3.8) is 0 Å². The summed E-state index contributed by atoms with van der Waals surface area (Å²) in [5.41, 5.74) is 0.624. The molecule has 3 rings (SSSR count). The molecule has 1 aromatic rings. The van der Waals surface area contributed by atoms with Crippen molar-refractivity contribution in [2.45, 2.75) is 45.1 Å². The van der Waals surface area contributed by atoms with E-state index in [-0.39, 0.29) is 17.9 Å². The molecule has 2 saturated heterocycles. The van der Waals surface area contributed by atoms with Gasteiger partial charge >= 0.3 is 0 Å². The van der Waals surface area contributed by atoms with E-state index >= 15 is 0 Å². The predicted octanol–water partition coefficient (Wildman–Crippen LogP) is 2.39. The third kappa shape index (κ3) is 5.22. The van der Waals surface area contributed by atoms with Crippen molar-refractivity contribution in [1.82, 2.24) is 14.8 Å². The Hall–Kier alpha value is -2.15. The molecule has 28 heavy (non-hydrogen) atoms. The van der Waals surface area contributed by atoms with Gasteiger partial charge in [-0.25, -0.2) is 4.98 Å². The number of pyridine rings is 1. The van der Waals surface area contributed by atoms with Gasteiger partial charge in [0.2, 0.25) is 5.91 Å². The smallest absolute Gasteiger partial charge is 0.255 e. The molecule has 2 fully saturated rings. The van der Waals surface area contributed by atoms with Crippen LogP contribution in [-0.2, 0) is 9.53 Å². The summed E-state index contributed by atoms with van der Waals surface area (Å²) in [5.74, 6) is 1.59. The summed E-state index contributed by atoms with van der Waals surface area (Å²) in [4.78, 5) is 32.9. The van der Waals surface area contributed by atoms with Gasteiger partial charge in [-0.2, -0.15) is 0 Å². The second-order valence-corrected chi connectivity index (χ2v) is 7.82. The Morgan fingerprint density at radius 2 is 2.11 bits per heavy atom. The van der Waals surface area contributed by atoms with Gasteiger partial charge in [-0.3, -0.25) is 9.59 Å². The Labute approximate surface area is 167 Å². The zero-order chi connectivity index (χ0) is 19.9. The van der Waals surface area contributed by atoms with Crippen molar-refractivity contribution < 1.29 is 14.3 Å². The van der Waals surface area contributed by atoms with Crippen LogP contribution in [0.15, 0.2) is 18.3 Å². The number of carbonyl (C=O) groups excluding carboxylic acids is 2. The van der Waals surface area contributed by atoms with Crippen LogP contribution in [0.1, 0.15) is 49.4 Å². The molecule has 3 heterocycles. The highest BCUT2D eigenvalue weighted by atomic mass is 16.5. The SMILES string of the molecule is CC[C@H](COC)Nc1ccc(C(=O)N2CCC(CN3CCCC3=O)CC2)cn1. The van der Waals surface area contributed by atoms with Gasteiger partial charge in [0, 0.05) is 45.9 Å². The summed E-state index contributed by atoms with van der Waals surface area (Å²) in [6, 6.07) is 3.91. The second kappa shape index (κ2) is 9.87. The molecule has 0 unspecified atom stereocenters. The minimum atomic E-state index is 0.0404. The highest BCUT2D eigenvalue weighted by Crippen LogP contribution is 2.22. The van der Waals surface area contributed by atoms with Crippen LogP contribution in [0.25, 0.3) is 0 Å². The van der Waals surface area contributed by atoms with Crippen molar-refractivity contribution in [1.29, 1.82) is 0 Å². The number of ether oxygens (including phenoxy) is 1. The largest absolute Gasteiger partial charge is 0.383 e. The number of hydrogen-bond donors (Lipinski definition) is 1. The number of piperidine rings is 1. The van der Waals surface area contributed by atoms with E-state index in [4.69, 9.17) is 4.74 Å². The fourth-order valence-corrected chi connectivity index (χ4v) is 3.99. The topological polar surface area (TPSA) is 74.8 Å². The van der Waals surface area contributed by atoms with Crippen LogP contribution in [0.5, 0.6) is 0 Å². The number of aromatic nitrogens is 1. The number of anilines is 1. The van der Waals surface area contributed by atoms with Gasteiger partial charge < -0.3 is 19.9 Å². The molecule has 0 spiro atoms. The van der Waals surface area contributed by atoms with Crippen LogP contribution < -0.4 is 5.32 Å². The van der Waals surface area contributed by atoms with Crippen LogP contribution in [0.3, 0.4) is 0 Å². The Balaban J connectivity index is 1.48. The fraction of sp³-hybridized carbons (Fsp3) is 0.667. The minimum absolute atomic E-state index is 0.0404. The first kappa shape index (κ1) is 20.6. The molecular weight excluding hydrogens is 356 g/mol. The average Bonchev–Trinajstić information content (AvgIpc) is 3.12. The van der Waals surface area contributed by atoms with Crippen LogP contribution in [0, 0.1) is 5.92 Å². The normalized spacial score (nSPS) is 19.1. The fourth-order valence-electron chi connectivity index (χ4n) is 3.99. The number of methoxy groups -OCH3 is 1. The van der Waals surface area contributed by atoms with Crippen LogP contribution in [0.2, 0.25) is 0 Å². The predicted molar refractivity (Wildman–Crippen MR) is 108 cm³/mol. The molecule has 154 valence electrons. The lowest BCUT2D eigenvalue weighted by Gasteiger charge is -2.34. The summed E-state index contributed by atoms with van der Waals surface area (Å²) < 4.78 is 5.19. The van der Waals surface area contributed by atoms with Crippen LogP contribution in [-0.4, -0.2) is 72.5 Å². The molecule has 1 atom stereocenters. The lowest BCUT2D eigenvalue weighted by atomic mass is 9.96. The third-order valence-electron chi connectivity index (χ3n) is 5.77. The zero-order valence-corrected chi connectivity index (χ0v) is 17.0. The number of hydrogen-bond acceptors (Lipinski definition) is 5. The van der Waals surface area contributed by atoms with Crippen molar-refractivity contribution >= 4 is 17.6 Å². The van der Waals surface area contributed by atoms with Gasteiger partial charge in [-0.15, -0.1) is 0 Å². The van der Waals surface area contributed by atoms with Gasteiger partial charge in [-0.1, -0.05) is 6.92 Å². The van der Waals surface area contributed by atoms with E-state index in [1.165, 1.54) is 0 Å². The van der Waals surface area contributed by atoms with Crippen LogP contribution in [0.4, 0.5) is 5.82 Å². The molecule has 0 saturated carbocycles. The number of nitrogens with zero attached hydrogens (tertiary/aromatic N) is 3. The zero-order valence-electron chi connectivity index (χ0n) is 17.0. The molecular formula is C21H32N4O3. The Kier molecular flexibility index (Phi) is 7.25. The van der Waals surface area contributed by atoms with E-state index in [2.05, 4.69) is 17.2 Å². The molecule has 1 N–H and O–H groups in total. The third-order valence-corrected chi connectivity index (χ3v) is 5.77. The maximum atomic E-state index is 12.8. The Morgan fingerprint density at radius 3 is 2.68 bits per heavy atom. The quantitative estimate of drug-likeness (QED) is 0.740. The van der Waals surface area contributed by atoms with E-state index in [1.807, 2.05) is 21.9 Å². The first-order chi connectivity index (χ1) is 13.6. The number of carbonyl (C=O) groups is 2. The number of amides is 2. The van der Waals surface area contributed by atoms with Crippen molar-refractivity contribution in [2.24, 2.45) is 5.92 Å². The molecule has 7 heteroatoms. The average molecular weight is 389 g/mol. The van der Waals surface area contributed by atoms with E-state index < -0.39 is 0 Å². The summed E-state index contributed by atoms with van der Waals surface area (Å²) in [5, 5.41) is 3.33.